The fourth-order valence-electron chi connectivity index (χ4n) is 4.66. The van der Waals surface area contributed by atoms with E-state index in [4.69, 9.17) is 11.1 Å². The summed E-state index contributed by atoms with van der Waals surface area (Å²) in [7, 11) is 0. The van der Waals surface area contributed by atoms with E-state index >= 15 is 0 Å². The number of carbonyl (C=O) groups excluding carboxylic acids is 1. The van der Waals surface area contributed by atoms with Gasteiger partial charge in [0.1, 0.15) is 5.75 Å². The molecule has 0 fully saturated rings. The van der Waals surface area contributed by atoms with Crippen molar-refractivity contribution in [1.82, 2.24) is 9.13 Å². The third-order valence-corrected chi connectivity index (χ3v) is 6.62. The number of benzene rings is 3. The summed E-state index contributed by atoms with van der Waals surface area (Å²) in [5.41, 5.74) is 11.0. The highest BCUT2D eigenvalue weighted by atomic mass is 35.5. The number of nitrogens with zero attached hydrogens (tertiary/aromatic N) is 2. The summed E-state index contributed by atoms with van der Waals surface area (Å²) in [6, 6.07) is 19.0. The number of hydrogen-bond donors (Lipinski definition) is 3. The molecule has 0 aliphatic rings. The summed E-state index contributed by atoms with van der Waals surface area (Å²) in [6.45, 7) is 12.7. The van der Waals surface area contributed by atoms with Gasteiger partial charge in [0.2, 0.25) is 5.62 Å². The molecular formula is C30H38Cl2N4O2. The van der Waals surface area contributed by atoms with Gasteiger partial charge in [-0.25, -0.2) is 0 Å². The van der Waals surface area contributed by atoms with Gasteiger partial charge in [-0.3, -0.25) is 10.2 Å². The number of nitrogens with two attached hydrogens (primary N) is 1. The fraction of sp³-hybridized carbons (Fsp3) is 0.333. The molecule has 0 aliphatic carbocycles. The average Bonchev–Trinajstić information content (AvgIpc) is 3.03. The molecule has 4 aromatic rings. The minimum Gasteiger partial charge on any atom is -0.507 e. The van der Waals surface area contributed by atoms with Crippen molar-refractivity contribution < 1.29 is 9.90 Å². The first-order chi connectivity index (χ1) is 16.8. The van der Waals surface area contributed by atoms with Crippen LogP contribution in [0.3, 0.4) is 0 Å². The number of fused-ring (bicyclic) bond motifs is 1. The molecule has 3 aromatic carbocycles. The van der Waals surface area contributed by atoms with E-state index in [1.807, 2.05) is 107 Å². The lowest BCUT2D eigenvalue weighted by atomic mass is 9.78. The van der Waals surface area contributed by atoms with Crippen LogP contribution in [-0.2, 0) is 23.9 Å². The zero-order valence-corrected chi connectivity index (χ0v) is 24.5. The molecule has 1 aromatic heterocycles. The summed E-state index contributed by atoms with van der Waals surface area (Å²) in [5, 5.41) is 20.0. The summed E-state index contributed by atoms with van der Waals surface area (Å²) in [5.74, 6) is 0.149. The molecule has 0 amide bonds. The lowest BCUT2D eigenvalue weighted by molar-refractivity contribution is 0.0971. The van der Waals surface area contributed by atoms with Gasteiger partial charge in [0.15, 0.2) is 5.78 Å². The Morgan fingerprint density at radius 2 is 1.37 bits per heavy atom. The van der Waals surface area contributed by atoms with Crippen LogP contribution in [-0.4, -0.2) is 20.0 Å². The van der Waals surface area contributed by atoms with Crippen molar-refractivity contribution >= 4 is 47.3 Å². The number of aromatic hydroxyl groups is 1. The predicted molar refractivity (Wildman–Crippen MR) is 160 cm³/mol. The zero-order valence-electron chi connectivity index (χ0n) is 22.8. The Labute approximate surface area is 236 Å². The maximum Gasteiger partial charge on any atom is 0.203 e. The van der Waals surface area contributed by atoms with E-state index in [0.29, 0.717) is 17.8 Å². The van der Waals surface area contributed by atoms with Gasteiger partial charge in [-0.05, 0) is 52.8 Å². The van der Waals surface area contributed by atoms with Crippen LogP contribution in [0, 0.1) is 5.41 Å². The average molecular weight is 558 g/mol. The minimum absolute atomic E-state index is 0. The number of nitrogen functional groups attached to an aromatic ring is 1. The molecule has 0 atom stereocenters. The fourth-order valence-corrected chi connectivity index (χ4v) is 4.66. The number of rotatable bonds is 5. The summed E-state index contributed by atoms with van der Waals surface area (Å²) >= 11 is 0. The highest BCUT2D eigenvalue weighted by molar-refractivity contribution is 5.97. The van der Waals surface area contributed by atoms with Crippen molar-refractivity contribution in [2.24, 2.45) is 0 Å². The van der Waals surface area contributed by atoms with Crippen LogP contribution in [0.1, 0.15) is 68.6 Å². The Balaban J connectivity index is 0.00000253. The van der Waals surface area contributed by atoms with Crippen molar-refractivity contribution in [2.75, 3.05) is 5.73 Å². The van der Waals surface area contributed by atoms with Crippen molar-refractivity contribution in [3.8, 4) is 5.75 Å². The van der Waals surface area contributed by atoms with E-state index < -0.39 is 0 Å². The van der Waals surface area contributed by atoms with E-state index in [2.05, 4.69) is 0 Å². The van der Waals surface area contributed by atoms with E-state index in [1.54, 1.807) is 4.57 Å². The second-order valence-corrected chi connectivity index (χ2v) is 11.6. The topological polar surface area (TPSA) is 97.0 Å². The van der Waals surface area contributed by atoms with E-state index in [0.717, 1.165) is 27.7 Å². The van der Waals surface area contributed by atoms with Gasteiger partial charge in [0.05, 0.1) is 24.1 Å². The first-order valence-corrected chi connectivity index (χ1v) is 12.3. The monoisotopic (exact) mass is 556 g/mol. The normalized spacial score (nSPS) is 11.6. The third kappa shape index (κ3) is 6.08. The first-order valence-electron chi connectivity index (χ1n) is 12.3. The van der Waals surface area contributed by atoms with Crippen molar-refractivity contribution in [1.29, 1.82) is 5.41 Å². The molecule has 38 heavy (non-hydrogen) atoms. The minimum atomic E-state index is -0.332. The summed E-state index contributed by atoms with van der Waals surface area (Å²) in [6.07, 6.45) is 0. The molecule has 8 heteroatoms. The van der Waals surface area contributed by atoms with Crippen LogP contribution < -0.4 is 11.4 Å². The smallest absolute Gasteiger partial charge is 0.203 e. The van der Waals surface area contributed by atoms with Crippen LogP contribution >= 0.6 is 24.8 Å². The maximum atomic E-state index is 13.7. The maximum absolute atomic E-state index is 13.7. The van der Waals surface area contributed by atoms with Gasteiger partial charge < -0.3 is 20.0 Å². The number of phenolic OH excluding ortho intramolecular Hbond substituents is 1. The second-order valence-electron chi connectivity index (χ2n) is 11.6. The number of carbonyl (C=O) groups is 1. The zero-order chi connectivity index (χ0) is 26.4. The molecule has 0 saturated heterocycles. The van der Waals surface area contributed by atoms with Gasteiger partial charge in [-0.15, -0.1) is 24.8 Å². The molecule has 204 valence electrons. The quantitative estimate of drug-likeness (QED) is 0.191. The molecule has 1 heterocycles. The predicted octanol–water partition coefficient (Wildman–Crippen LogP) is 6.58. The Hall–Kier alpha value is -3.22. The highest BCUT2D eigenvalue weighted by Gasteiger charge is 2.28. The molecule has 4 N–H and O–H groups in total. The SMILES string of the molecule is CC(C)(C)c1cc(C(=O)Cn2c(=N)n(Cc3cccc(N)c3)c3ccccc32)cc(C(C)(C)C)c1O.Cl.Cl. The lowest BCUT2D eigenvalue weighted by Gasteiger charge is -2.28. The Bertz CT molecular complexity index is 1490. The van der Waals surface area contributed by atoms with Crippen LogP contribution in [0.15, 0.2) is 60.7 Å². The standard InChI is InChI=1S/C30H36N4O2.2ClH/c1-29(2,3)22-15-20(16-23(27(22)36)30(4,5)6)26(35)18-34-25-13-8-7-12-24(25)33(28(34)32)17-19-10-9-11-21(31)14-19;;/h7-16,32,36H,17-18,31H2,1-6H3;2*1H. The van der Waals surface area contributed by atoms with Gasteiger partial charge >= 0.3 is 0 Å². The first kappa shape index (κ1) is 31.0. The number of imidazole rings is 1. The molecule has 0 unspecified atom stereocenters. The van der Waals surface area contributed by atoms with Gasteiger partial charge in [-0.2, -0.15) is 0 Å². The summed E-state index contributed by atoms with van der Waals surface area (Å²) < 4.78 is 3.65. The van der Waals surface area contributed by atoms with Crippen molar-refractivity contribution in [3.05, 3.63) is 88.5 Å². The number of hydrogen-bond acceptors (Lipinski definition) is 4. The second kappa shape index (κ2) is 11.3. The Kier molecular flexibility index (Phi) is 9.18. The molecule has 0 aliphatic heterocycles. The third-order valence-electron chi connectivity index (χ3n) is 6.62. The van der Waals surface area contributed by atoms with E-state index in [1.165, 1.54) is 0 Å². The Morgan fingerprint density at radius 1 is 0.842 bits per heavy atom. The molecule has 4 rings (SSSR count). The summed E-state index contributed by atoms with van der Waals surface area (Å²) in [4.78, 5) is 13.7. The number of Topliss-reactive ketones (excluding diaryl/α,β-unsaturated/α-hetero) is 1. The van der Waals surface area contributed by atoms with Crippen molar-refractivity contribution in [2.45, 2.75) is 65.5 Å². The number of anilines is 1. The van der Waals surface area contributed by atoms with Gasteiger partial charge in [0.25, 0.3) is 0 Å². The molecule has 0 spiro atoms. The molecule has 0 saturated carbocycles. The molecular weight excluding hydrogens is 519 g/mol. The van der Waals surface area contributed by atoms with Gasteiger partial charge in [-0.1, -0.05) is 65.8 Å². The number of ketones is 1. The van der Waals surface area contributed by atoms with Crippen LogP contribution in [0.5, 0.6) is 5.75 Å². The Morgan fingerprint density at radius 3 is 1.87 bits per heavy atom. The lowest BCUT2D eigenvalue weighted by Crippen LogP contribution is -2.28. The van der Waals surface area contributed by atoms with Crippen LogP contribution in [0.2, 0.25) is 0 Å². The number of phenols is 1. The number of para-hydroxylation sites is 2. The van der Waals surface area contributed by atoms with Crippen molar-refractivity contribution in [3.63, 3.8) is 0 Å². The number of nitrogens with one attached hydrogen (secondary N) is 1. The van der Waals surface area contributed by atoms with Gasteiger partial charge in [0, 0.05) is 22.4 Å². The number of halogens is 2. The van der Waals surface area contributed by atoms with E-state index in [9.17, 15) is 9.90 Å². The van der Waals surface area contributed by atoms with Crippen LogP contribution in [0.4, 0.5) is 5.69 Å². The molecule has 0 radical (unpaired) electrons. The highest BCUT2D eigenvalue weighted by Crippen LogP contribution is 2.40. The number of aromatic nitrogens is 2. The molecule has 6 nitrogen and oxygen atoms in total. The largest absolute Gasteiger partial charge is 0.507 e. The van der Waals surface area contributed by atoms with Crippen LogP contribution in [0.25, 0.3) is 11.0 Å². The molecule has 0 bridgehead atoms. The van der Waals surface area contributed by atoms with E-state index in [-0.39, 0.29) is 59.3 Å².